The van der Waals surface area contributed by atoms with Crippen LogP contribution in [0.5, 0.6) is 5.75 Å². The number of nitrogens with zero attached hydrogens (tertiary/aromatic N) is 1. The fourth-order valence-electron chi connectivity index (χ4n) is 3.21. The molecule has 0 bridgehead atoms. The maximum Gasteiger partial charge on any atom is 0.343 e. The van der Waals surface area contributed by atoms with Gasteiger partial charge in [-0.3, -0.25) is 9.59 Å². The van der Waals surface area contributed by atoms with E-state index in [0.717, 1.165) is 15.6 Å². The molecule has 1 aromatic heterocycles. The van der Waals surface area contributed by atoms with E-state index >= 15 is 0 Å². The Morgan fingerprint density at radius 1 is 1.00 bits per heavy atom. The lowest BCUT2D eigenvalue weighted by atomic mass is 10.1. The van der Waals surface area contributed by atoms with Gasteiger partial charge in [-0.2, -0.15) is 5.10 Å². The summed E-state index contributed by atoms with van der Waals surface area (Å²) in [6.07, 6.45) is 1.44. The van der Waals surface area contributed by atoms with Crippen LogP contribution in [0.3, 0.4) is 0 Å². The van der Waals surface area contributed by atoms with Crippen LogP contribution < -0.4 is 15.5 Å². The molecule has 0 fully saturated rings. The lowest BCUT2D eigenvalue weighted by Crippen LogP contribution is -2.34. The van der Waals surface area contributed by atoms with Gasteiger partial charge in [0.15, 0.2) is 0 Å². The van der Waals surface area contributed by atoms with Crippen LogP contribution in [0.1, 0.15) is 31.2 Å². The number of ether oxygens (including phenoxy) is 1. The number of carbonyl (C=O) groups is 3. The molecule has 0 atom stereocenters. The van der Waals surface area contributed by atoms with Crippen LogP contribution in [0.2, 0.25) is 5.02 Å². The number of hydrazone groups is 1. The molecule has 0 spiro atoms. The number of esters is 1. The zero-order chi connectivity index (χ0) is 24.8. The van der Waals surface area contributed by atoms with Gasteiger partial charge < -0.3 is 10.1 Å². The Hall–Kier alpha value is -4.01. The van der Waals surface area contributed by atoms with Gasteiger partial charge in [0.2, 0.25) is 0 Å². The minimum Gasteiger partial charge on any atom is -0.423 e. The van der Waals surface area contributed by atoms with Crippen LogP contribution in [0.15, 0.2) is 77.9 Å². The summed E-state index contributed by atoms with van der Waals surface area (Å²) in [6.45, 7) is 1.59. The highest BCUT2D eigenvalue weighted by molar-refractivity contribution is 7.21. The zero-order valence-corrected chi connectivity index (χ0v) is 20.2. The summed E-state index contributed by atoms with van der Waals surface area (Å²) in [5.41, 5.74) is 4.37. The predicted octanol–water partition coefficient (Wildman–Crippen LogP) is 4.96. The van der Waals surface area contributed by atoms with Gasteiger partial charge in [-0.05, 0) is 54.4 Å². The molecule has 0 saturated heterocycles. The lowest BCUT2D eigenvalue weighted by molar-refractivity contribution is -0.120. The highest BCUT2D eigenvalue weighted by Gasteiger charge is 2.17. The lowest BCUT2D eigenvalue weighted by Gasteiger charge is -2.06. The molecule has 9 heteroatoms. The minimum atomic E-state index is -0.490. The van der Waals surface area contributed by atoms with Crippen molar-refractivity contribution in [2.45, 2.75) is 6.92 Å². The molecule has 4 rings (SSSR count). The minimum absolute atomic E-state index is 0.255. The molecule has 3 aromatic carbocycles. The number of rotatable bonds is 7. The Bertz CT molecular complexity index is 1430. The first-order valence-electron chi connectivity index (χ1n) is 10.6. The van der Waals surface area contributed by atoms with Crippen molar-refractivity contribution in [3.05, 3.63) is 99.4 Å². The number of aryl methyl sites for hydroxylation is 1. The summed E-state index contributed by atoms with van der Waals surface area (Å²) in [7, 11) is 0. The van der Waals surface area contributed by atoms with Gasteiger partial charge in [-0.1, -0.05) is 48.0 Å². The Kier molecular flexibility index (Phi) is 7.54. The van der Waals surface area contributed by atoms with Crippen molar-refractivity contribution in [1.82, 2.24) is 10.7 Å². The molecule has 0 aliphatic carbocycles. The Morgan fingerprint density at radius 2 is 1.71 bits per heavy atom. The van der Waals surface area contributed by atoms with Crippen molar-refractivity contribution < 1.29 is 19.1 Å². The Labute approximate surface area is 210 Å². The van der Waals surface area contributed by atoms with Gasteiger partial charge in [-0.15, -0.1) is 11.3 Å². The average molecular weight is 506 g/mol. The average Bonchev–Trinajstić information content (AvgIpc) is 3.20. The third kappa shape index (κ3) is 5.92. The molecular formula is C26H20ClN3O4S. The number of hydrogen-bond acceptors (Lipinski definition) is 6. The van der Waals surface area contributed by atoms with Crippen LogP contribution in [-0.2, 0) is 4.79 Å². The second-order valence-corrected chi connectivity index (χ2v) is 8.92. The number of thiophene rings is 1. The highest BCUT2D eigenvalue weighted by atomic mass is 35.5. The van der Waals surface area contributed by atoms with Gasteiger partial charge in [-0.25, -0.2) is 10.2 Å². The number of carbonyl (C=O) groups excluding carboxylic acids is 3. The van der Waals surface area contributed by atoms with Crippen LogP contribution in [0, 0.1) is 6.92 Å². The van der Waals surface area contributed by atoms with E-state index in [-0.39, 0.29) is 6.54 Å². The summed E-state index contributed by atoms with van der Waals surface area (Å²) in [4.78, 5) is 37.1. The first-order chi connectivity index (χ1) is 16.9. The maximum atomic E-state index is 12.4. The van der Waals surface area contributed by atoms with Gasteiger partial charge in [0.1, 0.15) is 10.6 Å². The Balaban J connectivity index is 1.26. The topological polar surface area (TPSA) is 96.9 Å². The van der Waals surface area contributed by atoms with Crippen LogP contribution in [0.4, 0.5) is 0 Å². The molecular weight excluding hydrogens is 486 g/mol. The summed E-state index contributed by atoms with van der Waals surface area (Å²) >= 11 is 7.56. The molecule has 0 aliphatic heterocycles. The summed E-state index contributed by atoms with van der Waals surface area (Å²) in [5, 5.41) is 7.60. The fourth-order valence-corrected chi connectivity index (χ4v) is 4.64. The predicted molar refractivity (Wildman–Crippen MR) is 137 cm³/mol. The van der Waals surface area contributed by atoms with Gasteiger partial charge in [0.05, 0.1) is 23.3 Å². The second kappa shape index (κ2) is 10.9. The molecule has 7 nitrogen and oxygen atoms in total. The van der Waals surface area contributed by atoms with Crippen LogP contribution >= 0.6 is 22.9 Å². The van der Waals surface area contributed by atoms with Gasteiger partial charge >= 0.3 is 5.97 Å². The van der Waals surface area contributed by atoms with E-state index in [9.17, 15) is 14.4 Å². The van der Waals surface area contributed by atoms with Crippen molar-refractivity contribution in [2.24, 2.45) is 5.10 Å². The van der Waals surface area contributed by atoms with E-state index in [1.807, 2.05) is 43.3 Å². The van der Waals surface area contributed by atoms with Crippen LogP contribution in [-0.4, -0.2) is 30.5 Å². The first-order valence-corrected chi connectivity index (χ1v) is 11.8. The van der Waals surface area contributed by atoms with Crippen molar-refractivity contribution in [1.29, 1.82) is 0 Å². The molecule has 2 amide bonds. The summed E-state index contributed by atoms with van der Waals surface area (Å²) in [6, 6.07) is 21.3. The fraction of sp³-hybridized carbons (Fsp3) is 0.0769. The van der Waals surface area contributed by atoms with Crippen molar-refractivity contribution in [2.75, 3.05) is 6.54 Å². The molecule has 2 N–H and O–H groups in total. The highest BCUT2D eigenvalue weighted by Crippen LogP contribution is 2.34. The molecule has 176 valence electrons. The third-order valence-corrected chi connectivity index (χ3v) is 6.68. The van der Waals surface area contributed by atoms with E-state index in [4.69, 9.17) is 16.3 Å². The quantitative estimate of drug-likeness (QED) is 0.160. The largest absolute Gasteiger partial charge is 0.423 e. The van der Waals surface area contributed by atoms with Gasteiger partial charge in [0.25, 0.3) is 11.8 Å². The number of hydrogen-bond donors (Lipinski definition) is 2. The molecule has 4 aromatic rings. The third-order valence-electron chi connectivity index (χ3n) is 5.01. The summed E-state index contributed by atoms with van der Waals surface area (Å²) in [5.74, 6) is -0.959. The number of amides is 2. The van der Waals surface area contributed by atoms with E-state index in [1.165, 1.54) is 17.6 Å². The van der Waals surface area contributed by atoms with Crippen LogP contribution in [0.25, 0.3) is 10.1 Å². The maximum absolute atomic E-state index is 12.4. The van der Waals surface area contributed by atoms with E-state index in [1.54, 1.807) is 36.4 Å². The normalized spacial score (nSPS) is 10.9. The molecule has 1 heterocycles. The number of fused-ring (bicyclic) bond motifs is 1. The van der Waals surface area contributed by atoms with E-state index < -0.39 is 17.8 Å². The van der Waals surface area contributed by atoms with Crippen molar-refractivity contribution in [3.8, 4) is 5.75 Å². The Morgan fingerprint density at radius 3 is 2.46 bits per heavy atom. The smallest absolute Gasteiger partial charge is 0.343 e. The number of benzene rings is 3. The molecule has 35 heavy (non-hydrogen) atoms. The first kappa shape index (κ1) is 24.1. The van der Waals surface area contributed by atoms with E-state index in [2.05, 4.69) is 15.8 Å². The molecule has 0 unspecified atom stereocenters. The van der Waals surface area contributed by atoms with E-state index in [0.29, 0.717) is 26.8 Å². The second-order valence-electron chi connectivity index (χ2n) is 7.49. The number of halogens is 1. The standard InChI is InChI=1S/C26H20ClN3O4S/c1-16-6-2-3-7-19(16)26(33)34-18-12-10-17(11-13-18)14-29-30-22(31)15-28-25(32)24-23(27)20-8-4-5-9-21(20)35-24/h2-14H,15H2,1H3,(H,28,32)(H,30,31). The molecule has 0 radical (unpaired) electrons. The van der Waals surface area contributed by atoms with Crippen molar-refractivity contribution in [3.63, 3.8) is 0 Å². The number of nitrogens with one attached hydrogen (secondary N) is 2. The monoisotopic (exact) mass is 505 g/mol. The molecule has 0 aliphatic rings. The molecule has 0 saturated carbocycles. The zero-order valence-electron chi connectivity index (χ0n) is 18.6. The van der Waals surface area contributed by atoms with Crippen molar-refractivity contribution >= 4 is 57.0 Å². The summed E-state index contributed by atoms with van der Waals surface area (Å²) < 4.78 is 6.29. The van der Waals surface area contributed by atoms with Gasteiger partial charge in [0, 0.05) is 10.1 Å². The SMILES string of the molecule is Cc1ccccc1C(=O)Oc1ccc(C=NNC(=O)CNC(=O)c2sc3ccccc3c2Cl)cc1.